The van der Waals surface area contributed by atoms with Gasteiger partial charge in [0.1, 0.15) is 18.5 Å². The van der Waals surface area contributed by atoms with E-state index in [0.717, 1.165) is 12.5 Å². The van der Waals surface area contributed by atoms with E-state index in [4.69, 9.17) is 5.11 Å². The number of nitrogens with zero attached hydrogens (tertiary/aromatic N) is 2. The fourth-order valence-electron chi connectivity index (χ4n) is 0.893. The van der Waals surface area contributed by atoms with Crippen molar-refractivity contribution in [2.75, 3.05) is 6.61 Å². The molecule has 5 nitrogen and oxygen atoms in total. The number of carbonyl (C=O) groups is 1. The second-order valence-corrected chi connectivity index (χ2v) is 2.59. The lowest BCUT2D eigenvalue weighted by Gasteiger charge is -2.04. The van der Waals surface area contributed by atoms with Gasteiger partial charge in [0.05, 0.1) is 12.3 Å². The van der Waals surface area contributed by atoms with Gasteiger partial charge in [0, 0.05) is 6.20 Å². The average Bonchev–Trinajstić information content (AvgIpc) is 2.17. The third-order valence-electron chi connectivity index (χ3n) is 1.51. The molecule has 0 aliphatic rings. The number of ether oxygens (including phenoxy) is 1. The minimum absolute atomic E-state index is 0.0816. The fourth-order valence-corrected chi connectivity index (χ4v) is 0.893. The van der Waals surface area contributed by atoms with E-state index >= 15 is 0 Å². The van der Waals surface area contributed by atoms with E-state index < -0.39 is 19.0 Å². The Morgan fingerprint density at radius 2 is 2.33 bits per heavy atom. The van der Waals surface area contributed by atoms with E-state index in [1.165, 1.54) is 0 Å². The molecule has 0 saturated heterocycles. The molecular weight excluding hydrogens is 210 g/mol. The topological polar surface area (TPSA) is 72.3 Å². The predicted molar refractivity (Wildman–Crippen MR) is 44.7 cm³/mol. The standard InChI is InChI=1S/C8H8F2N2O3/c9-7(10)3-15-2-6-5(8(13)14)1-11-4-12-6/h1,4,7H,2-3H2,(H,13,14). The van der Waals surface area contributed by atoms with Gasteiger partial charge in [-0.15, -0.1) is 0 Å². The Morgan fingerprint density at radius 1 is 1.60 bits per heavy atom. The first kappa shape index (κ1) is 11.4. The Balaban J connectivity index is 2.63. The van der Waals surface area contributed by atoms with E-state index in [9.17, 15) is 13.6 Å². The smallest absolute Gasteiger partial charge is 0.339 e. The molecule has 0 unspecified atom stereocenters. The van der Waals surface area contributed by atoms with Crippen LogP contribution in [0.15, 0.2) is 12.5 Å². The molecule has 0 radical (unpaired) electrons. The maximum atomic E-state index is 11.7. The highest BCUT2D eigenvalue weighted by atomic mass is 19.3. The highest BCUT2D eigenvalue weighted by Crippen LogP contribution is 2.06. The Hall–Kier alpha value is -1.63. The molecule has 82 valence electrons. The summed E-state index contributed by atoms with van der Waals surface area (Å²) in [5.41, 5.74) is -0.0649. The number of carboxylic acid groups (broad SMARTS) is 1. The molecule has 0 bridgehead atoms. The van der Waals surface area contributed by atoms with Crippen molar-refractivity contribution in [2.24, 2.45) is 0 Å². The van der Waals surface area contributed by atoms with E-state index in [0.29, 0.717) is 0 Å². The van der Waals surface area contributed by atoms with Crippen LogP contribution in [0.3, 0.4) is 0 Å². The van der Waals surface area contributed by atoms with Gasteiger partial charge in [0.2, 0.25) is 0 Å². The van der Waals surface area contributed by atoms with Crippen LogP contribution in [0.1, 0.15) is 16.1 Å². The van der Waals surface area contributed by atoms with E-state index in [1.807, 2.05) is 0 Å². The Bertz CT molecular complexity index is 346. The number of carboxylic acids is 1. The minimum Gasteiger partial charge on any atom is -0.478 e. The van der Waals surface area contributed by atoms with Crippen molar-refractivity contribution < 1.29 is 23.4 Å². The van der Waals surface area contributed by atoms with Crippen molar-refractivity contribution in [3.8, 4) is 0 Å². The summed E-state index contributed by atoms with van der Waals surface area (Å²) in [6.45, 7) is -1.02. The van der Waals surface area contributed by atoms with Gasteiger partial charge >= 0.3 is 5.97 Å². The molecular formula is C8H8F2N2O3. The number of halogens is 2. The maximum absolute atomic E-state index is 11.7. The van der Waals surface area contributed by atoms with E-state index in [-0.39, 0.29) is 17.9 Å². The predicted octanol–water partition coefficient (Wildman–Crippen LogP) is 0.956. The summed E-state index contributed by atoms with van der Waals surface area (Å²) >= 11 is 0. The normalized spacial score (nSPS) is 10.6. The van der Waals surface area contributed by atoms with Gasteiger partial charge in [-0.25, -0.2) is 23.5 Å². The number of aromatic nitrogens is 2. The zero-order chi connectivity index (χ0) is 11.3. The molecule has 0 atom stereocenters. The van der Waals surface area contributed by atoms with Crippen LogP contribution < -0.4 is 0 Å². The van der Waals surface area contributed by atoms with Crippen molar-refractivity contribution in [3.05, 3.63) is 23.8 Å². The van der Waals surface area contributed by atoms with Gasteiger partial charge in [0.25, 0.3) is 6.43 Å². The first-order chi connectivity index (χ1) is 7.11. The molecule has 0 aromatic carbocycles. The van der Waals surface area contributed by atoms with Gasteiger partial charge in [-0.05, 0) is 0 Å². The molecule has 15 heavy (non-hydrogen) atoms. The van der Waals surface area contributed by atoms with Crippen molar-refractivity contribution in [1.82, 2.24) is 9.97 Å². The van der Waals surface area contributed by atoms with Crippen LogP contribution >= 0.6 is 0 Å². The minimum atomic E-state index is -2.58. The Morgan fingerprint density at radius 3 is 2.93 bits per heavy atom. The van der Waals surface area contributed by atoms with Crippen LogP contribution in [-0.4, -0.2) is 34.1 Å². The second-order valence-electron chi connectivity index (χ2n) is 2.59. The van der Waals surface area contributed by atoms with Gasteiger partial charge in [-0.1, -0.05) is 0 Å². The van der Waals surface area contributed by atoms with Crippen molar-refractivity contribution in [2.45, 2.75) is 13.0 Å². The number of hydrogen-bond acceptors (Lipinski definition) is 4. The van der Waals surface area contributed by atoms with Crippen LogP contribution in [0.2, 0.25) is 0 Å². The fraction of sp³-hybridized carbons (Fsp3) is 0.375. The van der Waals surface area contributed by atoms with E-state index in [2.05, 4.69) is 14.7 Å². The van der Waals surface area contributed by atoms with Crippen LogP contribution in [-0.2, 0) is 11.3 Å². The second kappa shape index (κ2) is 5.30. The molecule has 1 aromatic heterocycles. The maximum Gasteiger partial charge on any atom is 0.339 e. The van der Waals surface area contributed by atoms with Crippen molar-refractivity contribution in [3.63, 3.8) is 0 Å². The van der Waals surface area contributed by atoms with Crippen LogP contribution in [0.25, 0.3) is 0 Å². The highest BCUT2D eigenvalue weighted by molar-refractivity contribution is 5.88. The lowest BCUT2D eigenvalue weighted by atomic mass is 10.2. The molecule has 7 heteroatoms. The molecule has 0 saturated carbocycles. The molecule has 1 aromatic rings. The molecule has 0 amide bonds. The van der Waals surface area contributed by atoms with Crippen LogP contribution in [0.5, 0.6) is 0 Å². The average molecular weight is 218 g/mol. The molecule has 0 fully saturated rings. The van der Waals surface area contributed by atoms with E-state index in [1.54, 1.807) is 0 Å². The van der Waals surface area contributed by atoms with Gasteiger partial charge in [0.15, 0.2) is 0 Å². The zero-order valence-corrected chi connectivity index (χ0v) is 7.56. The number of rotatable bonds is 5. The van der Waals surface area contributed by atoms with Crippen molar-refractivity contribution in [1.29, 1.82) is 0 Å². The SMILES string of the molecule is O=C(O)c1cncnc1COCC(F)F. The third-order valence-corrected chi connectivity index (χ3v) is 1.51. The van der Waals surface area contributed by atoms with Crippen molar-refractivity contribution >= 4 is 5.97 Å². The summed E-state index contributed by atoms with van der Waals surface area (Å²) in [5.74, 6) is -1.22. The summed E-state index contributed by atoms with van der Waals surface area (Å²) < 4.78 is 28.0. The molecule has 0 spiro atoms. The monoisotopic (exact) mass is 218 g/mol. The molecule has 0 aliphatic carbocycles. The number of alkyl halides is 2. The largest absolute Gasteiger partial charge is 0.478 e. The van der Waals surface area contributed by atoms with Gasteiger partial charge in [-0.2, -0.15) is 0 Å². The first-order valence-electron chi connectivity index (χ1n) is 3.99. The Kier molecular flexibility index (Phi) is 4.04. The summed E-state index contributed by atoms with van der Waals surface area (Å²) in [6.07, 6.45) is -0.357. The molecule has 1 rings (SSSR count). The summed E-state index contributed by atoms with van der Waals surface area (Å²) in [7, 11) is 0. The first-order valence-corrected chi connectivity index (χ1v) is 3.99. The third kappa shape index (κ3) is 3.55. The number of hydrogen-bond donors (Lipinski definition) is 1. The quantitative estimate of drug-likeness (QED) is 0.796. The lowest BCUT2D eigenvalue weighted by Crippen LogP contribution is -2.10. The lowest BCUT2D eigenvalue weighted by molar-refractivity contribution is 0.00844. The van der Waals surface area contributed by atoms with Crippen LogP contribution in [0.4, 0.5) is 8.78 Å². The summed E-state index contributed by atoms with van der Waals surface area (Å²) in [4.78, 5) is 17.8. The van der Waals surface area contributed by atoms with Gasteiger partial charge in [-0.3, -0.25) is 0 Å². The molecule has 1 N–H and O–H groups in total. The zero-order valence-electron chi connectivity index (χ0n) is 7.56. The molecule has 0 aliphatic heterocycles. The Labute approximate surface area is 83.7 Å². The van der Waals surface area contributed by atoms with Crippen LogP contribution in [0, 0.1) is 0 Å². The number of aromatic carboxylic acids is 1. The summed E-state index contributed by atoms with van der Waals surface area (Å²) in [6, 6.07) is 0. The van der Waals surface area contributed by atoms with Gasteiger partial charge < -0.3 is 9.84 Å². The molecule has 1 heterocycles. The summed E-state index contributed by atoms with van der Waals surface area (Å²) in [5, 5.41) is 8.69. The highest BCUT2D eigenvalue weighted by Gasteiger charge is 2.12.